The number of carbonyl (C=O) groups is 1. The zero-order chi connectivity index (χ0) is 19.2. The molecule has 27 heavy (non-hydrogen) atoms. The van der Waals surface area contributed by atoms with Gasteiger partial charge in [-0.3, -0.25) is 4.79 Å². The Morgan fingerprint density at radius 1 is 1.26 bits per heavy atom. The Morgan fingerprint density at radius 2 is 2.04 bits per heavy atom. The van der Waals surface area contributed by atoms with Crippen LogP contribution in [0.5, 0.6) is 5.75 Å². The zero-order valence-electron chi connectivity index (χ0n) is 15.1. The molecule has 0 saturated heterocycles. The number of aromatic nitrogens is 4. The van der Waals surface area contributed by atoms with E-state index in [4.69, 9.17) is 10.5 Å². The second-order valence-electron chi connectivity index (χ2n) is 5.76. The van der Waals surface area contributed by atoms with E-state index < -0.39 is 0 Å². The van der Waals surface area contributed by atoms with Gasteiger partial charge in [-0.1, -0.05) is 12.1 Å². The zero-order valence-corrected chi connectivity index (χ0v) is 15.1. The molecule has 8 heteroatoms. The van der Waals surface area contributed by atoms with Crippen molar-refractivity contribution in [2.45, 2.75) is 13.5 Å². The Balaban J connectivity index is 1.80. The van der Waals surface area contributed by atoms with Crippen LogP contribution in [0.2, 0.25) is 0 Å². The second kappa shape index (κ2) is 8.13. The highest BCUT2D eigenvalue weighted by atomic mass is 16.5. The number of methoxy groups -OCH3 is 1. The Hall–Kier alpha value is -3.68. The van der Waals surface area contributed by atoms with Crippen LogP contribution in [-0.4, -0.2) is 33.1 Å². The molecule has 0 atom stereocenters. The monoisotopic (exact) mass is 364 g/mol. The Kier molecular flexibility index (Phi) is 5.46. The molecular weight excluding hydrogens is 344 g/mol. The van der Waals surface area contributed by atoms with E-state index in [0.29, 0.717) is 18.2 Å². The molecule has 8 nitrogen and oxygen atoms in total. The molecule has 1 aromatic carbocycles. The third-order valence-electron chi connectivity index (χ3n) is 3.98. The van der Waals surface area contributed by atoms with E-state index in [1.165, 1.54) is 6.08 Å². The number of hydrogen-bond donors (Lipinski definition) is 2. The lowest BCUT2D eigenvalue weighted by Gasteiger charge is -2.10. The van der Waals surface area contributed by atoms with Crippen LogP contribution < -0.4 is 15.8 Å². The summed E-state index contributed by atoms with van der Waals surface area (Å²) < 4.78 is 6.81. The first-order chi connectivity index (χ1) is 13.1. The lowest BCUT2D eigenvalue weighted by molar-refractivity contribution is -0.104. The minimum Gasteiger partial charge on any atom is -0.497 e. The number of nitrogen functional groups attached to an aromatic ring is 1. The molecule has 0 radical (unpaired) electrons. The van der Waals surface area contributed by atoms with E-state index >= 15 is 0 Å². The van der Waals surface area contributed by atoms with Gasteiger partial charge in [0.15, 0.2) is 5.82 Å². The first-order valence-electron chi connectivity index (χ1n) is 8.29. The molecule has 0 aliphatic heterocycles. The van der Waals surface area contributed by atoms with Gasteiger partial charge < -0.3 is 15.8 Å². The van der Waals surface area contributed by atoms with Crippen molar-refractivity contribution in [2.75, 3.05) is 18.2 Å². The normalized spacial score (nSPS) is 10.9. The van der Waals surface area contributed by atoms with E-state index in [0.717, 1.165) is 28.9 Å². The van der Waals surface area contributed by atoms with E-state index in [1.807, 2.05) is 31.2 Å². The maximum absolute atomic E-state index is 10.5. The van der Waals surface area contributed by atoms with Crippen molar-refractivity contribution < 1.29 is 9.53 Å². The lowest BCUT2D eigenvalue weighted by atomic mass is 10.2. The van der Waals surface area contributed by atoms with Crippen LogP contribution in [0.25, 0.3) is 11.9 Å². The fourth-order valence-electron chi connectivity index (χ4n) is 2.55. The standard InChI is InChI=1S/C19H20N6O2/c1-13-15(4-3-9-26)12-22-25(13)18-10-17(23-19(20)24-18)21-11-14-5-7-16(27-2)8-6-14/h3-10,12H,11H2,1-2H3,(H3,20,21,23,24). The molecule has 0 saturated carbocycles. The van der Waals surface area contributed by atoms with Crippen molar-refractivity contribution in [3.05, 3.63) is 59.4 Å². The Bertz CT molecular complexity index is 963. The molecule has 2 heterocycles. The molecule has 0 spiro atoms. The van der Waals surface area contributed by atoms with Crippen LogP contribution >= 0.6 is 0 Å². The maximum Gasteiger partial charge on any atom is 0.224 e. The molecule has 0 aliphatic carbocycles. The summed E-state index contributed by atoms with van der Waals surface area (Å²) in [6.07, 6.45) is 5.50. The summed E-state index contributed by atoms with van der Waals surface area (Å²) in [7, 11) is 1.63. The molecule has 3 N–H and O–H groups in total. The molecule has 3 rings (SSSR count). The highest BCUT2D eigenvalue weighted by Crippen LogP contribution is 2.18. The average Bonchev–Trinajstić information content (AvgIpc) is 3.05. The maximum atomic E-state index is 10.5. The number of aldehydes is 1. The molecule has 3 aromatic rings. The number of allylic oxidation sites excluding steroid dienone is 1. The van der Waals surface area contributed by atoms with E-state index in [9.17, 15) is 4.79 Å². The summed E-state index contributed by atoms with van der Waals surface area (Å²) in [5.74, 6) is 2.08. The quantitative estimate of drug-likeness (QED) is 0.489. The number of carbonyl (C=O) groups excluding carboxylic acids is 1. The Labute approximate surface area is 156 Å². The van der Waals surface area contributed by atoms with Crippen LogP contribution in [0.1, 0.15) is 16.8 Å². The van der Waals surface area contributed by atoms with Gasteiger partial charge in [0.25, 0.3) is 0 Å². The molecule has 0 aliphatic rings. The van der Waals surface area contributed by atoms with Gasteiger partial charge in [-0.2, -0.15) is 15.1 Å². The molecule has 0 unspecified atom stereocenters. The molecule has 2 aromatic heterocycles. The predicted octanol–water partition coefficient (Wildman–Crippen LogP) is 2.39. The summed E-state index contributed by atoms with van der Waals surface area (Å²) in [4.78, 5) is 19.0. The van der Waals surface area contributed by atoms with Gasteiger partial charge in [0, 0.05) is 18.2 Å². The van der Waals surface area contributed by atoms with E-state index in [2.05, 4.69) is 20.4 Å². The minimum atomic E-state index is 0.143. The highest BCUT2D eigenvalue weighted by molar-refractivity contribution is 5.74. The van der Waals surface area contributed by atoms with Gasteiger partial charge in [-0.05, 0) is 36.8 Å². The number of benzene rings is 1. The molecule has 0 bridgehead atoms. The van der Waals surface area contributed by atoms with Crippen LogP contribution in [0.15, 0.2) is 42.6 Å². The van der Waals surface area contributed by atoms with E-state index in [1.54, 1.807) is 30.1 Å². The number of nitrogens with one attached hydrogen (secondary N) is 1. The smallest absolute Gasteiger partial charge is 0.224 e. The number of nitrogens with two attached hydrogens (primary N) is 1. The second-order valence-corrected chi connectivity index (χ2v) is 5.76. The van der Waals surface area contributed by atoms with Crippen LogP contribution in [0, 0.1) is 6.92 Å². The van der Waals surface area contributed by atoms with Crippen molar-refractivity contribution in [3.8, 4) is 11.6 Å². The number of ether oxygens (including phenoxy) is 1. The van der Waals surface area contributed by atoms with Crippen molar-refractivity contribution in [1.29, 1.82) is 0 Å². The summed E-state index contributed by atoms with van der Waals surface area (Å²) >= 11 is 0. The summed E-state index contributed by atoms with van der Waals surface area (Å²) in [6, 6.07) is 9.52. The third kappa shape index (κ3) is 4.30. The molecule has 138 valence electrons. The van der Waals surface area contributed by atoms with Crippen molar-refractivity contribution >= 4 is 24.1 Å². The van der Waals surface area contributed by atoms with Crippen molar-refractivity contribution in [1.82, 2.24) is 19.7 Å². The van der Waals surface area contributed by atoms with Gasteiger partial charge in [0.05, 0.1) is 19.0 Å². The topological polar surface area (TPSA) is 108 Å². The van der Waals surface area contributed by atoms with Gasteiger partial charge in [0.2, 0.25) is 5.95 Å². The third-order valence-corrected chi connectivity index (χ3v) is 3.98. The first kappa shape index (κ1) is 18.1. The van der Waals surface area contributed by atoms with Crippen LogP contribution in [0.3, 0.4) is 0 Å². The average molecular weight is 364 g/mol. The number of hydrogen-bond acceptors (Lipinski definition) is 7. The van der Waals surface area contributed by atoms with Crippen LogP contribution in [-0.2, 0) is 11.3 Å². The number of nitrogens with zero attached hydrogens (tertiary/aromatic N) is 4. The number of rotatable bonds is 7. The largest absolute Gasteiger partial charge is 0.497 e. The highest BCUT2D eigenvalue weighted by Gasteiger charge is 2.10. The minimum absolute atomic E-state index is 0.143. The predicted molar refractivity (Wildman–Crippen MR) is 104 cm³/mol. The van der Waals surface area contributed by atoms with Crippen LogP contribution in [0.4, 0.5) is 11.8 Å². The Morgan fingerprint density at radius 3 is 2.74 bits per heavy atom. The lowest BCUT2D eigenvalue weighted by Crippen LogP contribution is -2.09. The molecule has 0 fully saturated rings. The molecule has 0 amide bonds. The van der Waals surface area contributed by atoms with Gasteiger partial charge in [-0.15, -0.1) is 0 Å². The SMILES string of the molecule is COc1ccc(CNc2cc(-n3ncc(C=CC=O)c3C)nc(N)n2)cc1. The van der Waals surface area contributed by atoms with Gasteiger partial charge in [0.1, 0.15) is 17.9 Å². The van der Waals surface area contributed by atoms with Crippen molar-refractivity contribution in [2.24, 2.45) is 0 Å². The summed E-state index contributed by atoms with van der Waals surface area (Å²) in [5.41, 5.74) is 8.60. The molecular formula is C19H20N6O2. The number of anilines is 2. The summed E-state index contributed by atoms with van der Waals surface area (Å²) in [5, 5.41) is 7.56. The van der Waals surface area contributed by atoms with E-state index in [-0.39, 0.29) is 5.95 Å². The van der Waals surface area contributed by atoms with Crippen molar-refractivity contribution in [3.63, 3.8) is 0 Å². The van der Waals surface area contributed by atoms with Gasteiger partial charge >= 0.3 is 0 Å². The summed E-state index contributed by atoms with van der Waals surface area (Å²) in [6.45, 7) is 2.46. The first-order valence-corrected chi connectivity index (χ1v) is 8.29. The fraction of sp³-hybridized carbons (Fsp3) is 0.158. The fourth-order valence-corrected chi connectivity index (χ4v) is 2.55. The van der Waals surface area contributed by atoms with Gasteiger partial charge in [-0.25, -0.2) is 4.68 Å².